The van der Waals surface area contributed by atoms with Crippen LogP contribution in [0.15, 0.2) is 18.2 Å². The summed E-state index contributed by atoms with van der Waals surface area (Å²) in [5.41, 5.74) is -0.0594. The van der Waals surface area contributed by atoms with Crippen molar-refractivity contribution < 1.29 is 19.0 Å². The number of rotatable bonds is 2. The highest BCUT2D eigenvalue weighted by atomic mass is 16.6. The van der Waals surface area contributed by atoms with Gasteiger partial charge in [0.15, 0.2) is 17.3 Å². The fourth-order valence-electron chi connectivity index (χ4n) is 2.60. The van der Waals surface area contributed by atoms with Gasteiger partial charge in [0.05, 0.1) is 0 Å². The minimum Gasteiger partial charge on any atom is -0.486 e. The molecule has 2 heterocycles. The van der Waals surface area contributed by atoms with E-state index >= 15 is 0 Å². The highest BCUT2D eigenvalue weighted by Crippen LogP contribution is 2.34. The third-order valence-corrected chi connectivity index (χ3v) is 3.75. The predicted octanol–water partition coefficient (Wildman–Crippen LogP) is 2.60. The molecule has 1 fully saturated rings. The number of ether oxygens (including phenoxy) is 3. The monoisotopic (exact) mass is 262 g/mol. The molecule has 4 heteroatoms. The number of hydrogen-bond donors (Lipinski definition) is 0. The molecule has 19 heavy (non-hydrogen) atoms. The largest absolute Gasteiger partial charge is 0.486 e. The van der Waals surface area contributed by atoms with E-state index in [4.69, 9.17) is 14.2 Å². The Kier molecular flexibility index (Phi) is 3.19. The van der Waals surface area contributed by atoms with Crippen molar-refractivity contribution in [2.75, 3.05) is 19.8 Å². The molecule has 1 saturated heterocycles. The minimum atomic E-state index is -0.692. The van der Waals surface area contributed by atoms with Crippen LogP contribution in [0.2, 0.25) is 0 Å². The van der Waals surface area contributed by atoms with Crippen LogP contribution in [0.4, 0.5) is 0 Å². The Balaban J connectivity index is 1.87. The molecular formula is C15H18O4. The van der Waals surface area contributed by atoms with E-state index in [2.05, 4.69) is 0 Å². The molecule has 0 aromatic heterocycles. The molecule has 1 aromatic rings. The maximum Gasteiger partial charge on any atom is 0.194 e. The maximum atomic E-state index is 12.6. The number of carbonyl (C=O) groups is 1. The van der Waals surface area contributed by atoms with Crippen LogP contribution in [0.1, 0.15) is 36.5 Å². The summed E-state index contributed by atoms with van der Waals surface area (Å²) in [4.78, 5) is 12.6. The molecule has 0 spiro atoms. The van der Waals surface area contributed by atoms with Gasteiger partial charge in [-0.15, -0.1) is 0 Å². The molecule has 0 saturated carbocycles. The summed E-state index contributed by atoms with van der Waals surface area (Å²) in [5, 5.41) is 0. The van der Waals surface area contributed by atoms with Crippen LogP contribution in [-0.2, 0) is 4.74 Å². The Morgan fingerprint density at radius 2 is 1.89 bits per heavy atom. The average Bonchev–Trinajstić information content (AvgIpc) is 2.47. The second-order valence-corrected chi connectivity index (χ2v) is 5.22. The molecule has 0 N–H and O–H groups in total. The van der Waals surface area contributed by atoms with Gasteiger partial charge in [0.1, 0.15) is 18.8 Å². The number of benzene rings is 1. The number of hydrogen-bond acceptors (Lipinski definition) is 4. The van der Waals surface area contributed by atoms with Crippen molar-refractivity contribution in [1.82, 2.24) is 0 Å². The highest BCUT2D eigenvalue weighted by Gasteiger charge is 2.36. The first kappa shape index (κ1) is 12.5. The van der Waals surface area contributed by atoms with E-state index in [-0.39, 0.29) is 5.78 Å². The van der Waals surface area contributed by atoms with E-state index in [1.807, 2.05) is 6.92 Å². The Morgan fingerprint density at radius 1 is 1.11 bits per heavy atom. The summed E-state index contributed by atoms with van der Waals surface area (Å²) >= 11 is 0. The van der Waals surface area contributed by atoms with Gasteiger partial charge in [0.25, 0.3) is 0 Å². The van der Waals surface area contributed by atoms with Gasteiger partial charge >= 0.3 is 0 Å². The van der Waals surface area contributed by atoms with Crippen LogP contribution >= 0.6 is 0 Å². The summed E-state index contributed by atoms with van der Waals surface area (Å²) in [6.07, 6.45) is 2.84. The normalized spacial score (nSPS) is 25.9. The zero-order chi connectivity index (χ0) is 13.3. The fourth-order valence-corrected chi connectivity index (χ4v) is 2.60. The average molecular weight is 262 g/mol. The molecule has 4 nitrogen and oxygen atoms in total. The van der Waals surface area contributed by atoms with Crippen molar-refractivity contribution in [2.24, 2.45) is 0 Å². The van der Waals surface area contributed by atoms with Crippen LogP contribution in [0.5, 0.6) is 11.5 Å². The molecule has 0 aliphatic carbocycles. The molecule has 2 aliphatic heterocycles. The first-order chi connectivity index (χ1) is 9.19. The zero-order valence-corrected chi connectivity index (χ0v) is 11.1. The lowest BCUT2D eigenvalue weighted by atomic mass is 9.87. The molecule has 1 atom stereocenters. The first-order valence-electron chi connectivity index (χ1n) is 6.77. The van der Waals surface area contributed by atoms with Gasteiger partial charge in [-0.05, 0) is 44.4 Å². The van der Waals surface area contributed by atoms with E-state index in [0.717, 1.165) is 19.3 Å². The maximum absolute atomic E-state index is 12.6. The molecule has 1 aromatic carbocycles. The number of carbonyl (C=O) groups excluding carboxylic acids is 1. The standard InChI is InChI=1S/C15H18O4/c1-15(6-2-3-7-19-15)14(16)11-4-5-12-13(10-11)18-9-8-17-12/h4-5,10H,2-3,6-9H2,1H3. The lowest BCUT2D eigenvalue weighted by Crippen LogP contribution is -2.41. The van der Waals surface area contributed by atoms with Gasteiger partial charge in [-0.3, -0.25) is 4.79 Å². The SMILES string of the molecule is CC1(C(=O)c2ccc3c(c2)OCCO3)CCCCO1. The number of fused-ring (bicyclic) bond motifs is 1. The highest BCUT2D eigenvalue weighted by molar-refractivity contribution is 6.02. The predicted molar refractivity (Wildman–Crippen MR) is 70.0 cm³/mol. The second kappa shape index (κ2) is 4.85. The summed E-state index contributed by atoms with van der Waals surface area (Å²) in [6, 6.07) is 5.35. The van der Waals surface area contributed by atoms with Crippen LogP contribution in [0.25, 0.3) is 0 Å². The Hall–Kier alpha value is -1.55. The van der Waals surface area contributed by atoms with Gasteiger partial charge in [-0.25, -0.2) is 0 Å². The molecular weight excluding hydrogens is 244 g/mol. The van der Waals surface area contributed by atoms with E-state index in [1.54, 1.807) is 18.2 Å². The summed E-state index contributed by atoms with van der Waals surface area (Å²) in [5.74, 6) is 1.39. The second-order valence-electron chi connectivity index (χ2n) is 5.22. The van der Waals surface area contributed by atoms with Crippen molar-refractivity contribution in [1.29, 1.82) is 0 Å². The molecule has 0 bridgehead atoms. The van der Waals surface area contributed by atoms with E-state index < -0.39 is 5.60 Å². The molecule has 3 rings (SSSR count). The Labute approximate surface area is 112 Å². The van der Waals surface area contributed by atoms with Crippen LogP contribution in [-0.4, -0.2) is 31.2 Å². The van der Waals surface area contributed by atoms with Gasteiger partial charge in [0, 0.05) is 12.2 Å². The summed E-state index contributed by atoms with van der Waals surface area (Å²) < 4.78 is 16.7. The van der Waals surface area contributed by atoms with Crippen molar-refractivity contribution in [3.63, 3.8) is 0 Å². The van der Waals surface area contributed by atoms with Crippen LogP contribution in [0, 0.1) is 0 Å². The fraction of sp³-hybridized carbons (Fsp3) is 0.533. The first-order valence-corrected chi connectivity index (χ1v) is 6.77. The van der Waals surface area contributed by atoms with Crippen LogP contribution < -0.4 is 9.47 Å². The van der Waals surface area contributed by atoms with Crippen molar-refractivity contribution >= 4 is 5.78 Å². The summed E-state index contributed by atoms with van der Waals surface area (Å²) in [6.45, 7) is 3.62. The van der Waals surface area contributed by atoms with Gasteiger partial charge in [-0.1, -0.05) is 0 Å². The molecule has 102 valence electrons. The third kappa shape index (κ3) is 2.32. The van der Waals surface area contributed by atoms with E-state index in [1.165, 1.54) is 0 Å². The van der Waals surface area contributed by atoms with Crippen molar-refractivity contribution in [3.05, 3.63) is 23.8 Å². The van der Waals surface area contributed by atoms with E-state index in [9.17, 15) is 4.79 Å². The van der Waals surface area contributed by atoms with Gasteiger partial charge in [0.2, 0.25) is 0 Å². The smallest absolute Gasteiger partial charge is 0.194 e. The zero-order valence-electron chi connectivity index (χ0n) is 11.1. The van der Waals surface area contributed by atoms with Gasteiger partial charge in [-0.2, -0.15) is 0 Å². The minimum absolute atomic E-state index is 0.0316. The quantitative estimate of drug-likeness (QED) is 0.768. The number of ketones is 1. The lowest BCUT2D eigenvalue weighted by Gasteiger charge is -2.32. The van der Waals surface area contributed by atoms with Crippen molar-refractivity contribution in [2.45, 2.75) is 31.8 Å². The molecule has 2 aliphatic rings. The summed E-state index contributed by atoms with van der Waals surface area (Å²) in [7, 11) is 0. The number of Topliss-reactive ketones (excluding diaryl/α,β-unsaturated/α-hetero) is 1. The van der Waals surface area contributed by atoms with E-state index in [0.29, 0.717) is 36.9 Å². The lowest BCUT2D eigenvalue weighted by molar-refractivity contribution is -0.0426. The molecule has 0 amide bonds. The topological polar surface area (TPSA) is 44.8 Å². The Bertz CT molecular complexity index is 489. The molecule has 0 radical (unpaired) electrons. The van der Waals surface area contributed by atoms with Crippen LogP contribution in [0.3, 0.4) is 0 Å². The van der Waals surface area contributed by atoms with Crippen molar-refractivity contribution in [3.8, 4) is 11.5 Å². The molecule has 1 unspecified atom stereocenters. The Morgan fingerprint density at radius 3 is 2.63 bits per heavy atom. The third-order valence-electron chi connectivity index (χ3n) is 3.75. The van der Waals surface area contributed by atoms with Gasteiger partial charge < -0.3 is 14.2 Å².